The van der Waals surface area contributed by atoms with Crippen LogP contribution in [0.3, 0.4) is 0 Å². The molecule has 0 aliphatic rings. The zero-order valence-electron chi connectivity index (χ0n) is 19.7. The van der Waals surface area contributed by atoms with Gasteiger partial charge in [0.15, 0.2) is 11.5 Å². The number of amides is 1. The molecule has 0 atom stereocenters. The van der Waals surface area contributed by atoms with E-state index in [9.17, 15) is 10.1 Å². The molecule has 5 nitrogen and oxygen atoms in total. The third kappa shape index (κ3) is 6.02. The van der Waals surface area contributed by atoms with Crippen molar-refractivity contribution < 1.29 is 14.3 Å². The lowest BCUT2D eigenvalue weighted by atomic mass is 10.0. The summed E-state index contributed by atoms with van der Waals surface area (Å²) in [5.74, 6) is 0.657. The van der Waals surface area contributed by atoms with Crippen molar-refractivity contribution in [1.29, 1.82) is 5.26 Å². The average molecular weight is 441 g/mol. The van der Waals surface area contributed by atoms with E-state index in [1.54, 1.807) is 37.4 Å². The van der Waals surface area contributed by atoms with Gasteiger partial charge in [0, 0.05) is 5.69 Å². The van der Waals surface area contributed by atoms with Gasteiger partial charge in [-0.2, -0.15) is 5.26 Å². The number of hydrogen-bond donors (Lipinski definition) is 1. The van der Waals surface area contributed by atoms with Crippen LogP contribution in [0.4, 0.5) is 5.69 Å². The van der Waals surface area contributed by atoms with Crippen molar-refractivity contribution in [2.45, 2.75) is 34.3 Å². The summed E-state index contributed by atoms with van der Waals surface area (Å²) < 4.78 is 11.5. The highest BCUT2D eigenvalue weighted by atomic mass is 16.5. The van der Waals surface area contributed by atoms with Crippen molar-refractivity contribution >= 4 is 17.7 Å². The first-order valence-corrected chi connectivity index (χ1v) is 10.7. The fourth-order valence-electron chi connectivity index (χ4n) is 3.63. The third-order valence-electron chi connectivity index (χ3n) is 5.39. The SMILES string of the molecule is COc1cc(/C=C(\C#N)C(=O)Nc2ccc(C)cc2)ccc1OCc1c(C)cc(C)cc1C. The maximum Gasteiger partial charge on any atom is 0.266 e. The van der Waals surface area contributed by atoms with E-state index in [2.05, 4.69) is 38.2 Å². The summed E-state index contributed by atoms with van der Waals surface area (Å²) in [5, 5.41) is 12.3. The lowest BCUT2D eigenvalue weighted by molar-refractivity contribution is -0.112. The Morgan fingerprint density at radius 1 is 0.939 bits per heavy atom. The summed E-state index contributed by atoms with van der Waals surface area (Å²) in [6, 6.07) is 19.0. The van der Waals surface area contributed by atoms with Crippen LogP contribution in [0.2, 0.25) is 0 Å². The molecule has 1 N–H and O–H groups in total. The zero-order chi connectivity index (χ0) is 24.0. The minimum absolute atomic E-state index is 0.00259. The average Bonchev–Trinajstić information content (AvgIpc) is 2.78. The van der Waals surface area contributed by atoms with E-state index in [0.717, 1.165) is 11.1 Å². The predicted octanol–water partition coefficient (Wildman–Crippen LogP) is 6.05. The van der Waals surface area contributed by atoms with Crippen LogP contribution in [-0.4, -0.2) is 13.0 Å². The van der Waals surface area contributed by atoms with Crippen LogP contribution in [0, 0.1) is 39.0 Å². The summed E-state index contributed by atoms with van der Waals surface area (Å²) in [4.78, 5) is 12.5. The highest BCUT2D eigenvalue weighted by Crippen LogP contribution is 2.30. The molecule has 0 aliphatic carbocycles. The number of nitrogens with one attached hydrogen (secondary N) is 1. The molecular weight excluding hydrogens is 412 g/mol. The van der Waals surface area contributed by atoms with E-state index in [0.29, 0.717) is 29.4 Å². The molecule has 0 bridgehead atoms. The first kappa shape index (κ1) is 23.6. The highest BCUT2D eigenvalue weighted by Gasteiger charge is 2.12. The van der Waals surface area contributed by atoms with Crippen molar-refractivity contribution in [3.63, 3.8) is 0 Å². The molecule has 3 rings (SSSR count). The van der Waals surface area contributed by atoms with Gasteiger partial charge in [0.2, 0.25) is 0 Å². The molecule has 0 spiro atoms. The Kier molecular flexibility index (Phi) is 7.53. The van der Waals surface area contributed by atoms with E-state index in [4.69, 9.17) is 9.47 Å². The molecule has 168 valence electrons. The van der Waals surface area contributed by atoms with Crippen LogP contribution in [0.1, 0.15) is 33.4 Å². The van der Waals surface area contributed by atoms with Crippen molar-refractivity contribution in [3.8, 4) is 17.6 Å². The molecule has 0 aliphatic heterocycles. The summed E-state index contributed by atoms with van der Waals surface area (Å²) in [6.07, 6.45) is 1.53. The van der Waals surface area contributed by atoms with Gasteiger partial charge in [-0.25, -0.2) is 0 Å². The molecule has 0 heterocycles. The number of benzene rings is 3. The summed E-state index contributed by atoms with van der Waals surface area (Å²) >= 11 is 0. The largest absolute Gasteiger partial charge is 0.493 e. The van der Waals surface area contributed by atoms with Gasteiger partial charge in [-0.1, -0.05) is 41.5 Å². The molecule has 0 saturated heterocycles. The molecule has 0 aromatic heterocycles. The van der Waals surface area contributed by atoms with Crippen LogP contribution in [-0.2, 0) is 11.4 Å². The summed E-state index contributed by atoms with van der Waals surface area (Å²) in [5.41, 5.74) is 7.12. The second-order valence-electron chi connectivity index (χ2n) is 8.07. The Hall–Kier alpha value is -4.04. The Bertz CT molecular complexity index is 1210. The molecule has 1 amide bonds. The molecule has 3 aromatic rings. The number of carbonyl (C=O) groups excluding carboxylic acids is 1. The van der Waals surface area contributed by atoms with Gasteiger partial charge in [0.1, 0.15) is 18.2 Å². The Balaban J connectivity index is 1.77. The number of aryl methyl sites for hydroxylation is 4. The third-order valence-corrected chi connectivity index (χ3v) is 5.39. The minimum Gasteiger partial charge on any atom is -0.493 e. The number of methoxy groups -OCH3 is 1. The number of ether oxygens (including phenoxy) is 2. The molecule has 0 saturated carbocycles. The van der Waals surface area contributed by atoms with E-state index in [1.165, 1.54) is 22.8 Å². The van der Waals surface area contributed by atoms with Gasteiger partial charge in [0.05, 0.1) is 7.11 Å². The van der Waals surface area contributed by atoms with Crippen molar-refractivity contribution in [2.75, 3.05) is 12.4 Å². The van der Waals surface area contributed by atoms with Crippen molar-refractivity contribution in [3.05, 3.63) is 93.6 Å². The smallest absolute Gasteiger partial charge is 0.266 e. The predicted molar refractivity (Wildman–Crippen MR) is 131 cm³/mol. The maximum atomic E-state index is 12.5. The zero-order valence-corrected chi connectivity index (χ0v) is 19.7. The van der Waals surface area contributed by atoms with Gasteiger partial charge in [0.25, 0.3) is 5.91 Å². The fraction of sp³-hybridized carbons (Fsp3) is 0.214. The molecular formula is C28H28N2O3. The van der Waals surface area contributed by atoms with Gasteiger partial charge in [-0.15, -0.1) is 0 Å². The summed E-state index contributed by atoms with van der Waals surface area (Å²) in [7, 11) is 1.56. The number of rotatable bonds is 7. The number of hydrogen-bond acceptors (Lipinski definition) is 4. The Morgan fingerprint density at radius 3 is 2.21 bits per heavy atom. The standard InChI is InChI=1S/C28H28N2O3/c1-18-6-9-24(10-7-18)30-28(31)23(16-29)14-22-8-11-26(27(15-22)32-5)33-17-25-20(3)12-19(2)13-21(25)4/h6-15H,17H2,1-5H3,(H,30,31)/b23-14+. The van der Waals surface area contributed by atoms with E-state index < -0.39 is 5.91 Å². The van der Waals surface area contributed by atoms with Crippen LogP contribution in [0.5, 0.6) is 11.5 Å². The number of nitriles is 1. The normalized spacial score (nSPS) is 11.0. The summed E-state index contributed by atoms with van der Waals surface area (Å²) in [6.45, 7) is 8.63. The van der Waals surface area contributed by atoms with Crippen LogP contribution < -0.4 is 14.8 Å². The van der Waals surface area contributed by atoms with E-state index >= 15 is 0 Å². The Morgan fingerprint density at radius 2 is 1.61 bits per heavy atom. The quantitative estimate of drug-likeness (QED) is 0.358. The van der Waals surface area contributed by atoms with Crippen LogP contribution in [0.15, 0.2) is 60.2 Å². The number of anilines is 1. The second kappa shape index (κ2) is 10.5. The highest BCUT2D eigenvalue weighted by molar-refractivity contribution is 6.09. The molecule has 3 aromatic carbocycles. The fourth-order valence-corrected chi connectivity index (χ4v) is 3.63. The van der Waals surface area contributed by atoms with Crippen LogP contribution >= 0.6 is 0 Å². The molecule has 33 heavy (non-hydrogen) atoms. The van der Waals surface area contributed by atoms with Crippen molar-refractivity contribution in [2.24, 2.45) is 0 Å². The first-order valence-electron chi connectivity index (χ1n) is 10.7. The van der Waals surface area contributed by atoms with Gasteiger partial charge in [-0.05, 0) is 80.3 Å². The van der Waals surface area contributed by atoms with E-state index in [-0.39, 0.29) is 5.57 Å². The first-order chi connectivity index (χ1) is 15.8. The minimum atomic E-state index is -0.467. The molecule has 5 heteroatoms. The molecule has 0 unspecified atom stereocenters. The second-order valence-corrected chi connectivity index (χ2v) is 8.07. The van der Waals surface area contributed by atoms with Gasteiger partial charge >= 0.3 is 0 Å². The van der Waals surface area contributed by atoms with Gasteiger partial charge < -0.3 is 14.8 Å². The van der Waals surface area contributed by atoms with Gasteiger partial charge in [-0.3, -0.25) is 4.79 Å². The van der Waals surface area contributed by atoms with E-state index in [1.807, 2.05) is 25.1 Å². The Labute approximate surface area is 195 Å². The van der Waals surface area contributed by atoms with Crippen LogP contribution in [0.25, 0.3) is 6.08 Å². The maximum absolute atomic E-state index is 12.5. The number of carbonyl (C=O) groups is 1. The molecule has 0 radical (unpaired) electrons. The van der Waals surface area contributed by atoms with Crippen molar-refractivity contribution in [1.82, 2.24) is 0 Å². The lowest BCUT2D eigenvalue weighted by Crippen LogP contribution is -2.13. The lowest BCUT2D eigenvalue weighted by Gasteiger charge is -2.15. The molecule has 0 fully saturated rings. The number of nitrogens with zero attached hydrogens (tertiary/aromatic N) is 1. The monoisotopic (exact) mass is 440 g/mol. The topological polar surface area (TPSA) is 71.3 Å².